The van der Waals surface area contributed by atoms with Crippen molar-refractivity contribution in [2.45, 2.75) is 58.2 Å². The SMILES string of the molecule is CCCCc1nc(Cl)c(COC(=O)[C@H](CCC(=O)O)N(C)C)n1Cc1ccc(-c2ccccc2-c2nn[nH]n2)cc1. The van der Waals surface area contributed by atoms with E-state index in [0.717, 1.165) is 47.3 Å². The van der Waals surface area contributed by atoms with Crippen LogP contribution in [0.2, 0.25) is 5.15 Å². The Morgan fingerprint density at radius 2 is 1.85 bits per heavy atom. The number of ether oxygens (including phenoxy) is 1. The molecule has 0 unspecified atom stereocenters. The molecule has 1 atom stereocenters. The number of tetrazole rings is 1. The van der Waals surface area contributed by atoms with Gasteiger partial charge in [0.05, 0.1) is 5.69 Å². The second-order valence-electron chi connectivity index (χ2n) is 9.95. The number of imidazole rings is 1. The Balaban J connectivity index is 1.56. The third-order valence-electron chi connectivity index (χ3n) is 6.85. The van der Waals surface area contributed by atoms with Crippen molar-refractivity contribution in [2.24, 2.45) is 0 Å². The molecule has 2 aromatic carbocycles. The number of likely N-dealkylation sites (N-methyl/N-ethyl adjacent to an activating group) is 1. The van der Waals surface area contributed by atoms with E-state index in [1.165, 1.54) is 0 Å². The maximum atomic E-state index is 12.9. The lowest BCUT2D eigenvalue weighted by Gasteiger charge is -2.22. The number of aromatic nitrogens is 6. The van der Waals surface area contributed by atoms with E-state index in [2.05, 4.69) is 32.5 Å². The lowest BCUT2D eigenvalue weighted by Crippen LogP contribution is -2.37. The number of hydrogen-bond acceptors (Lipinski definition) is 8. The van der Waals surface area contributed by atoms with Gasteiger partial charge in [-0.2, -0.15) is 5.21 Å². The quantitative estimate of drug-likeness (QED) is 0.205. The van der Waals surface area contributed by atoms with E-state index < -0.39 is 18.0 Å². The summed E-state index contributed by atoms with van der Waals surface area (Å²) in [5, 5.41) is 23.8. The fraction of sp³-hybridized carbons (Fsp3) is 0.379. The number of unbranched alkanes of at least 4 members (excludes halogenated alkanes) is 1. The van der Waals surface area contributed by atoms with Gasteiger partial charge in [-0.15, -0.1) is 10.2 Å². The molecule has 4 rings (SSSR count). The molecule has 2 N–H and O–H groups in total. The lowest BCUT2D eigenvalue weighted by atomic mass is 9.98. The van der Waals surface area contributed by atoms with Gasteiger partial charge in [0, 0.05) is 24.9 Å². The van der Waals surface area contributed by atoms with Crippen molar-refractivity contribution in [1.82, 2.24) is 35.1 Å². The molecule has 216 valence electrons. The third kappa shape index (κ3) is 7.56. The molecular weight excluding hydrogens is 546 g/mol. The summed E-state index contributed by atoms with van der Waals surface area (Å²) in [6.45, 7) is 2.54. The first-order valence-corrected chi connectivity index (χ1v) is 13.9. The van der Waals surface area contributed by atoms with E-state index in [1.54, 1.807) is 19.0 Å². The molecule has 0 aliphatic rings. The van der Waals surface area contributed by atoms with Crippen LogP contribution in [0.3, 0.4) is 0 Å². The average molecular weight is 580 g/mol. The van der Waals surface area contributed by atoms with Gasteiger partial charge >= 0.3 is 11.9 Å². The first-order valence-electron chi connectivity index (χ1n) is 13.5. The molecule has 0 amide bonds. The van der Waals surface area contributed by atoms with Gasteiger partial charge in [-0.05, 0) is 48.8 Å². The van der Waals surface area contributed by atoms with Crippen molar-refractivity contribution >= 4 is 23.5 Å². The van der Waals surface area contributed by atoms with Crippen LogP contribution in [0.1, 0.15) is 49.7 Å². The Morgan fingerprint density at radius 3 is 2.49 bits per heavy atom. The topological polar surface area (TPSA) is 139 Å². The molecule has 0 saturated heterocycles. The van der Waals surface area contributed by atoms with E-state index >= 15 is 0 Å². The predicted octanol–water partition coefficient (Wildman–Crippen LogP) is 4.61. The fourth-order valence-corrected chi connectivity index (χ4v) is 4.87. The van der Waals surface area contributed by atoms with Crippen LogP contribution in [0.15, 0.2) is 48.5 Å². The lowest BCUT2D eigenvalue weighted by molar-refractivity contribution is -0.151. The molecule has 4 aromatic rings. The summed E-state index contributed by atoms with van der Waals surface area (Å²) < 4.78 is 7.66. The molecular formula is C29H34ClN7O4. The zero-order valence-electron chi connectivity index (χ0n) is 23.4. The standard InChI is InChI=1S/C29H34ClN7O4/c1-4-5-10-25-31-27(30)24(18-41-29(40)23(36(2)3)15-16-26(38)39)37(25)17-19-11-13-20(14-12-19)21-8-6-7-9-22(21)28-32-34-35-33-28/h6-9,11-14,23H,4-5,10,15-18H2,1-3H3,(H,38,39)(H,32,33,34,35)/t23-/m0/s1. The number of aromatic amines is 1. The number of carboxylic acids is 1. The van der Waals surface area contributed by atoms with Gasteiger partial charge in [-0.1, -0.05) is 73.5 Å². The zero-order chi connectivity index (χ0) is 29.4. The number of aliphatic carboxylic acids is 1. The highest BCUT2D eigenvalue weighted by Crippen LogP contribution is 2.30. The molecule has 2 heterocycles. The smallest absolute Gasteiger partial charge is 0.323 e. The zero-order valence-corrected chi connectivity index (χ0v) is 24.1. The van der Waals surface area contributed by atoms with Gasteiger partial charge in [0.25, 0.3) is 0 Å². The Bertz CT molecular complexity index is 1450. The second-order valence-corrected chi connectivity index (χ2v) is 10.3. The molecule has 0 aliphatic carbocycles. The first kappa shape index (κ1) is 29.9. The largest absolute Gasteiger partial charge is 0.481 e. The number of carboxylic acid groups (broad SMARTS) is 1. The van der Waals surface area contributed by atoms with Gasteiger partial charge in [0.1, 0.15) is 18.5 Å². The number of hydrogen-bond donors (Lipinski definition) is 2. The molecule has 2 aromatic heterocycles. The van der Waals surface area contributed by atoms with Gasteiger partial charge in [-0.25, -0.2) is 4.98 Å². The van der Waals surface area contributed by atoms with Crippen LogP contribution in [-0.4, -0.2) is 72.3 Å². The number of nitrogens with zero attached hydrogens (tertiary/aromatic N) is 6. The van der Waals surface area contributed by atoms with Gasteiger partial charge in [0.2, 0.25) is 5.82 Å². The number of carbonyl (C=O) groups is 2. The first-order chi connectivity index (χ1) is 19.8. The molecule has 0 aliphatic heterocycles. The van der Waals surface area contributed by atoms with Crippen molar-refractivity contribution in [2.75, 3.05) is 14.1 Å². The van der Waals surface area contributed by atoms with E-state index in [1.807, 2.05) is 53.1 Å². The van der Waals surface area contributed by atoms with Gasteiger partial charge < -0.3 is 14.4 Å². The molecule has 11 nitrogen and oxygen atoms in total. The van der Waals surface area contributed by atoms with Crippen LogP contribution in [0.25, 0.3) is 22.5 Å². The maximum Gasteiger partial charge on any atom is 0.323 e. The highest BCUT2D eigenvalue weighted by Gasteiger charge is 2.25. The Labute approximate surface area is 243 Å². The van der Waals surface area contributed by atoms with E-state index in [0.29, 0.717) is 23.2 Å². The van der Waals surface area contributed by atoms with Crippen molar-refractivity contribution < 1.29 is 19.4 Å². The number of benzene rings is 2. The summed E-state index contributed by atoms with van der Waals surface area (Å²) in [7, 11) is 3.44. The summed E-state index contributed by atoms with van der Waals surface area (Å²) in [6, 6.07) is 15.4. The van der Waals surface area contributed by atoms with Crippen LogP contribution >= 0.6 is 11.6 Å². The molecule has 0 radical (unpaired) electrons. The van der Waals surface area contributed by atoms with E-state index in [4.69, 9.17) is 21.4 Å². The van der Waals surface area contributed by atoms with E-state index in [9.17, 15) is 9.59 Å². The second kappa shape index (κ2) is 14.0. The number of nitrogens with one attached hydrogen (secondary N) is 1. The van der Waals surface area contributed by atoms with Crippen molar-refractivity contribution in [3.8, 4) is 22.5 Å². The van der Waals surface area contributed by atoms with Crippen molar-refractivity contribution in [3.05, 3.63) is 70.8 Å². The molecule has 0 saturated carbocycles. The number of rotatable bonds is 14. The summed E-state index contributed by atoms with van der Waals surface area (Å²) >= 11 is 6.56. The van der Waals surface area contributed by atoms with Crippen LogP contribution in [0.4, 0.5) is 0 Å². The monoisotopic (exact) mass is 579 g/mol. The molecule has 12 heteroatoms. The van der Waals surface area contributed by atoms with Crippen LogP contribution in [0, 0.1) is 0 Å². The molecule has 0 fully saturated rings. The van der Waals surface area contributed by atoms with Crippen molar-refractivity contribution in [1.29, 1.82) is 0 Å². The minimum absolute atomic E-state index is 0.0651. The Kier molecular flexibility index (Phi) is 10.2. The summed E-state index contributed by atoms with van der Waals surface area (Å²) in [4.78, 5) is 30.2. The highest BCUT2D eigenvalue weighted by molar-refractivity contribution is 6.30. The Morgan fingerprint density at radius 1 is 1.12 bits per heavy atom. The number of aryl methyl sites for hydroxylation is 1. The number of carbonyl (C=O) groups excluding carboxylic acids is 1. The average Bonchev–Trinajstić information content (AvgIpc) is 3.59. The minimum atomic E-state index is -0.962. The predicted molar refractivity (Wildman–Crippen MR) is 154 cm³/mol. The van der Waals surface area contributed by atoms with Gasteiger partial charge in [-0.3, -0.25) is 14.5 Å². The van der Waals surface area contributed by atoms with Crippen LogP contribution in [0.5, 0.6) is 0 Å². The van der Waals surface area contributed by atoms with E-state index in [-0.39, 0.29) is 19.4 Å². The maximum absolute atomic E-state index is 12.9. The van der Waals surface area contributed by atoms with Crippen LogP contribution < -0.4 is 0 Å². The summed E-state index contributed by atoms with van der Waals surface area (Å²) in [5.41, 5.74) is 4.50. The van der Waals surface area contributed by atoms with Crippen molar-refractivity contribution in [3.63, 3.8) is 0 Å². The highest BCUT2D eigenvalue weighted by atomic mass is 35.5. The molecule has 0 spiro atoms. The normalized spacial score (nSPS) is 12.0. The Hall–Kier alpha value is -4.09. The molecule has 0 bridgehead atoms. The molecule has 41 heavy (non-hydrogen) atoms. The fourth-order valence-electron chi connectivity index (χ4n) is 4.62. The number of halogens is 1. The van der Waals surface area contributed by atoms with Crippen LogP contribution in [-0.2, 0) is 33.9 Å². The minimum Gasteiger partial charge on any atom is -0.481 e. The summed E-state index contributed by atoms with van der Waals surface area (Å²) in [6.07, 6.45) is 2.69. The number of H-pyrrole nitrogens is 1. The van der Waals surface area contributed by atoms with Gasteiger partial charge in [0.15, 0.2) is 5.15 Å². The summed E-state index contributed by atoms with van der Waals surface area (Å²) in [5.74, 6) is -0.114. The number of esters is 1. The third-order valence-corrected chi connectivity index (χ3v) is 7.16.